The van der Waals surface area contributed by atoms with Crippen molar-refractivity contribution in [3.63, 3.8) is 0 Å². The van der Waals surface area contributed by atoms with Gasteiger partial charge in [0, 0.05) is 13.1 Å². The number of ether oxygens (including phenoxy) is 3. The molecule has 2 aromatic rings. The van der Waals surface area contributed by atoms with Gasteiger partial charge >= 0.3 is 0 Å². The van der Waals surface area contributed by atoms with E-state index >= 15 is 0 Å². The molecular weight excluding hydrogens is 342 g/mol. The normalized spacial score (nSPS) is 22.0. The summed E-state index contributed by atoms with van der Waals surface area (Å²) in [5.74, 6) is 2.42. The number of benzene rings is 2. The summed E-state index contributed by atoms with van der Waals surface area (Å²) in [7, 11) is 1.57. The first-order chi connectivity index (χ1) is 13.0. The van der Waals surface area contributed by atoms with Gasteiger partial charge < -0.3 is 19.3 Å². The fraction of sp³-hybridized carbons (Fsp3) is 0.455. The van der Waals surface area contributed by atoms with E-state index in [-0.39, 0.29) is 11.2 Å². The number of fused-ring (bicyclic) bond motifs is 1. The van der Waals surface area contributed by atoms with Crippen LogP contribution in [0.3, 0.4) is 0 Å². The average Bonchev–Trinajstić information content (AvgIpc) is 3.09. The molecule has 0 aromatic heterocycles. The van der Waals surface area contributed by atoms with E-state index in [1.54, 1.807) is 7.11 Å². The molecule has 0 amide bonds. The second-order valence-corrected chi connectivity index (χ2v) is 8.00. The standard InChI is InChI=1S/C22H27NO4/c1-22(12-16-4-7-20-21(11-16)27-15-26-20)8-3-9-23(14-22)13-17-5-6-19(25-2)18(24)10-17/h4-7,10-11,24H,3,8-9,12-15H2,1-2H3/t22-/m1/s1. The van der Waals surface area contributed by atoms with Crippen molar-refractivity contribution in [2.24, 2.45) is 5.41 Å². The molecule has 0 bridgehead atoms. The highest BCUT2D eigenvalue weighted by Crippen LogP contribution is 2.38. The van der Waals surface area contributed by atoms with Crippen molar-refractivity contribution in [3.05, 3.63) is 47.5 Å². The minimum absolute atomic E-state index is 0.204. The molecule has 4 rings (SSSR count). The molecule has 2 aromatic carbocycles. The Morgan fingerprint density at radius 2 is 1.93 bits per heavy atom. The fourth-order valence-corrected chi connectivity index (χ4v) is 4.34. The van der Waals surface area contributed by atoms with Gasteiger partial charge in [-0.25, -0.2) is 0 Å². The first-order valence-corrected chi connectivity index (χ1v) is 9.51. The molecule has 0 saturated carbocycles. The lowest BCUT2D eigenvalue weighted by Gasteiger charge is -2.41. The first kappa shape index (κ1) is 18.0. The molecule has 2 heterocycles. The van der Waals surface area contributed by atoms with Crippen LogP contribution in [0.5, 0.6) is 23.0 Å². The Balaban J connectivity index is 1.43. The number of nitrogens with zero attached hydrogens (tertiary/aromatic N) is 1. The Labute approximate surface area is 160 Å². The molecule has 2 aliphatic heterocycles. The zero-order chi connectivity index (χ0) is 18.9. The summed E-state index contributed by atoms with van der Waals surface area (Å²) in [5, 5.41) is 10.0. The van der Waals surface area contributed by atoms with Crippen LogP contribution < -0.4 is 14.2 Å². The molecule has 144 valence electrons. The van der Waals surface area contributed by atoms with E-state index in [4.69, 9.17) is 14.2 Å². The lowest BCUT2D eigenvalue weighted by atomic mass is 9.77. The van der Waals surface area contributed by atoms with E-state index in [0.717, 1.165) is 43.1 Å². The summed E-state index contributed by atoms with van der Waals surface area (Å²) in [6.45, 7) is 5.65. The number of aromatic hydroxyl groups is 1. The van der Waals surface area contributed by atoms with Crippen LogP contribution in [0.2, 0.25) is 0 Å². The highest BCUT2D eigenvalue weighted by molar-refractivity contribution is 5.45. The number of piperidine rings is 1. The maximum atomic E-state index is 10.0. The van der Waals surface area contributed by atoms with E-state index < -0.39 is 0 Å². The van der Waals surface area contributed by atoms with E-state index in [2.05, 4.69) is 24.0 Å². The summed E-state index contributed by atoms with van der Waals surface area (Å²) in [5.41, 5.74) is 2.63. The SMILES string of the molecule is COc1ccc(CN2CCC[C@](C)(Cc3ccc4c(c3)OCO4)C2)cc1O. The Bertz CT molecular complexity index is 822. The van der Waals surface area contributed by atoms with Crippen molar-refractivity contribution in [2.45, 2.75) is 32.7 Å². The molecule has 2 aliphatic rings. The predicted molar refractivity (Wildman–Crippen MR) is 104 cm³/mol. The number of hydrogen-bond acceptors (Lipinski definition) is 5. The van der Waals surface area contributed by atoms with Crippen molar-refractivity contribution < 1.29 is 19.3 Å². The molecule has 1 N–H and O–H groups in total. The molecule has 5 nitrogen and oxygen atoms in total. The molecule has 27 heavy (non-hydrogen) atoms. The second-order valence-electron chi connectivity index (χ2n) is 8.00. The monoisotopic (exact) mass is 369 g/mol. The van der Waals surface area contributed by atoms with Gasteiger partial charge in [-0.3, -0.25) is 4.90 Å². The van der Waals surface area contributed by atoms with Gasteiger partial charge in [-0.05, 0) is 66.6 Å². The Morgan fingerprint density at radius 3 is 2.74 bits per heavy atom. The van der Waals surface area contributed by atoms with Crippen LogP contribution in [-0.2, 0) is 13.0 Å². The number of rotatable bonds is 5. The fourth-order valence-electron chi connectivity index (χ4n) is 4.34. The molecule has 0 aliphatic carbocycles. The van der Waals surface area contributed by atoms with E-state index in [1.165, 1.54) is 18.4 Å². The topological polar surface area (TPSA) is 51.2 Å². The van der Waals surface area contributed by atoms with Crippen molar-refractivity contribution in [1.82, 2.24) is 4.90 Å². The van der Waals surface area contributed by atoms with Crippen molar-refractivity contribution in [1.29, 1.82) is 0 Å². The number of methoxy groups -OCH3 is 1. The van der Waals surface area contributed by atoms with Crippen LogP contribution in [0.25, 0.3) is 0 Å². The molecule has 0 spiro atoms. The van der Waals surface area contributed by atoms with Gasteiger partial charge in [0.05, 0.1) is 7.11 Å². The molecule has 1 atom stereocenters. The summed E-state index contributed by atoms with van der Waals surface area (Å²) in [6.07, 6.45) is 3.42. The first-order valence-electron chi connectivity index (χ1n) is 9.51. The van der Waals surface area contributed by atoms with Crippen molar-refractivity contribution in [2.75, 3.05) is 27.0 Å². The van der Waals surface area contributed by atoms with Gasteiger partial charge in [-0.2, -0.15) is 0 Å². The highest BCUT2D eigenvalue weighted by Gasteiger charge is 2.31. The quantitative estimate of drug-likeness (QED) is 0.864. The largest absolute Gasteiger partial charge is 0.504 e. The third-order valence-corrected chi connectivity index (χ3v) is 5.58. The Morgan fingerprint density at radius 1 is 1.11 bits per heavy atom. The van der Waals surface area contributed by atoms with Crippen molar-refractivity contribution in [3.8, 4) is 23.0 Å². The number of phenolic OH excluding ortho intramolecular Hbond substituents is 1. The molecule has 5 heteroatoms. The molecule has 1 fully saturated rings. The second kappa shape index (κ2) is 7.31. The zero-order valence-corrected chi connectivity index (χ0v) is 16.0. The molecule has 1 saturated heterocycles. The summed E-state index contributed by atoms with van der Waals surface area (Å²) >= 11 is 0. The van der Waals surface area contributed by atoms with E-state index in [9.17, 15) is 5.11 Å². The van der Waals surface area contributed by atoms with E-state index in [1.807, 2.05) is 24.3 Å². The molecule has 0 unspecified atom stereocenters. The number of likely N-dealkylation sites (tertiary alicyclic amines) is 1. The van der Waals surface area contributed by atoms with Crippen LogP contribution in [-0.4, -0.2) is 37.0 Å². The zero-order valence-electron chi connectivity index (χ0n) is 16.0. The highest BCUT2D eigenvalue weighted by atomic mass is 16.7. The smallest absolute Gasteiger partial charge is 0.231 e. The van der Waals surface area contributed by atoms with Gasteiger partial charge in [0.25, 0.3) is 0 Å². The van der Waals surface area contributed by atoms with Gasteiger partial charge in [0.15, 0.2) is 23.0 Å². The van der Waals surface area contributed by atoms with Crippen LogP contribution in [0.1, 0.15) is 30.9 Å². The molecule has 0 radical (unpaired) electrons. The molecular formula is C22H27NO4. The van der Waals surface area contributed by atoms with Crippen LogP contribution >= 0.6 is 0 Å². The lowest BCUT2D eigenvalue weighted by Crippen LogP contribution is -2.42. The van der Waals surface area contributed by atoms with Gasteiger partial charge in [0.2, 0.25) is 6.79 Å². The van der Waals surface area contributed by atoms with Gasteiger partial charge in [-0.1, -0.05) is 19.1 Å². The van der Waals surface area contributed by atoms with Gasteiger partial charge in [-0.15, -0.1) is 0 Å². The number of phenols is 1. The van der Waals surface area contributed by atoms with Gasteiger partial charge in [0.1, 0.15) is 0 Å². The average molecular weight is 369 g/mol. The van der Waals surface area contributed by atoms with Crippen molar-refractivity contribution >= 4 is 0 Å². The summed E-state index contributed by atoms with van der Waals surface area (Å²) in [4.78, 5) is 2.48. The van der Waals surface area contributed by atoms with Crippen LogP contribution in [0, 0.1) is 5.41 Å². The number of hydrogen-bond donors (Lipinski definition) is 1. The minimum atomic E-state index is 0.204. The lowest BCUT2D eigenvalue weighted by molar-refractivity contribution is 0.0969. The Hall–Kier alpha value is -2.40. The predicted octanol–water partition coefficient (Wildman–Crippen LogP) is 3.97. The summed E-state index contributed by atoms with van der Waals surface area (Å²) < 4.78 is 16.1. The maximum Gasteiger partial charge on any atom is 0.231 e. The summed E-state index contributed by atoms with van der Waals surface area (Å²) in [6, 6.07) is 12.0. The Kier molecular flexibility index (Phi) is 4.87. The van der Waals surface area contributed by atoms with E-state index in [0.29, 0.717) is 12.5 Å². The van der Waals surface area contributed by atoms with Crippen LogP contribution in [0.15, 0.2) is 36.4 Å². The third-order valence-electron chi connectivity index (χ3n) is 5.58. The minimum Gasteiger partial charge on any atom is -0.504 e. The third kappa shape index (κ3) is 3.98. The van der Waals surface area contributed by atoms with Crippen LogP contribution in [0.4, 0.5) is 0 Å². The maximum absolute atomic E-state index is 10.0.